The number of nitrogens with two attached hydrogens (primary N) is 1. The molecule has 118 valence electrons. The minimum absolute atomic E-state index is 0.0593. The summed E-state index contributed by atoms with van der Waals surface area (Å²) in [6.07, 6.45) is 5.97. The summed E-state index contributed by atoms with van der Waals surface area (Å²) in [7, 11) is 0. The maximum atomic E-state index is 12.3. The van der Waals surface area contributed by atoms with E-state index in [1.54, 1.807) is 0 Å². The zero-order valence-electron chi connectivity index (χ0n) is 12.1. The second-order valence-corrected chi connectivity index (χ2v) is 6.80. The summed E-state index contributed by atoms with van der Waals surface area (Å²) in [5, 5.41) is 3.01. The predicted molar refractivity (Wildman–Crippen MR) is 81.3 cm³/mol. The van der Waals surface area contributed by atoms with Gasteiger partial charge in [0.25, 0.3) is 5.91 Å². The Morgan fingerprint density at radius 1 is 1.36 bits per heavy atom. The van der Waals surface area contributed by atoms with E-state index in [0.717, 1.165) is 37.0 Å². The number of carbonyl (C=O) groups excluding carboxylic acids is 3. The van der Waals surface area contributed by atoms with Gasteiger partial charge in [-0.3, -0.25) is 14.4 Å². The number of hydrogen-bond acceptors (Lipinski definition) is 5. The summed E-state index contributed by atoms with van der Waals surface area (Å²) in [6, 6.07) is 0.298. The molecule has 1 unspecified atom stereocenters. The fourth-order valence-corrected chi connectivity index (χ4v) is 3.80. The molecule has 2 aliphatic rings. The number of aromatic nitrogens is 1. The Bertz CT molecular complexity index is 609. The third-order valence-corrected chi connectivity index (χ3v) is 5.20. The van der Waals surface area contributed by atoms with Crippen LogP contribution in [0.5, 0.6) is 0 Å². The second kappa shape index (κ2) is 6.04. The first-order valence-electron chi connectivity index (χ1n) is 7.40. The number of rotatable bonds is 4. The molecule has 8 heteroatoms. The van der Waals surface area contributed by atoms with Gasteiger partial charge in [0.2, 0.25) is 11.8 Å². The summed E-state index contributed by atoms with van der Waals surface area (Å²) in [5.41, 5.74) is 5.15. The summed E-state index contributed by atoms with van der Waals surface area (Å²) >= 11 is 1.04. The number of amides is 3. The highest BCUT2D eigenvalue weighted by atomic mass is 32.1. The van der Waals surface area contributed by atoms with E-state index in [1.807, 2.05) is 4.90 Å². The Balaban J connectivity index is 1.60. The quantitative estimate of drug-likeness (QED) is 0.861. The second-order valence-electron chi connectivity index (χ2n) is 5.77. The number of primary amides is 1. The molecule has 3 rings (SSSR count). The van der Waals surface area contributed by atoms with Crippen LogP contribution in [-0.4, -0.2) is 40.2 Å². The molecule has 7 nitrogen and oxygen atoms in total. The van der Waals surface area contributed by atoms with Crippen molar-refractivity contribution < 1.29 is 14.4 Å². The zero-order valence-corrected chi connectivity index (χ0v) is 12.9. The van der Waals surface area contributed by atoms with Gasteiger partial charge >= 0.3 is 0 Å². The van der Waals surface area contributed by atoms with Crippen LogP contribution in [0.1, 0.15) is 41.8 Å². The van der Waals surface area contributed by atoms with Gasteiger partial charge in [0.15, 0.2) is 5.13 Å². The van der Waals surface area contributed by atoms with Gasteiger partial charge in [-0.15, -0.1) is 0 Å². The molecule has 0 spiro atoms. The minimum atomic E-state index is -0.568. The van der Waals surface area contributed by atoms with Gasteiger partial charge in [0.05, 0.1) is 12.1 Å². The molecule has 1 aromatic rings. The van der Waals surface area contributed by atoms with Crippen LogP contribution in [0.25, 0.3) is 0 Å². The number of thiazole rings is 1. The molecule has 2 fully saturated rings. The van der Waals surface area contributed by atoms with Crippen LogP contribution < -0.4 is 11.1 Å². The molecule has 1 aliphatic heterocycles. The van der Waals surface area contributed by atoms with Gasteiger partial charge in [-0.1, -0.05) is 24.2 Å². The van der Waals surface area contributed by atoms with Crippen molar-refractivity contribution in [2.24, 2.45) is 11.7 Å². The monoisotopic (exact) mass is 322 g/mol. The fraction of sp³-hybridized carbons (Fsp3) is 0.571. The largest absolute Gasteiger partial charge is 0.365 e. The van der Waals surface area contributed by atoms with Gasteiger partial charge in [-0.2, -0.15) is 0 Å². The van der Waals surface area contributed by atoms with Crippen molar-refractivity contribution in [3.05, 3.63) is 11.1 Å². The summed E-state index contributed by atoms with van der Waals surface area (Å²) in [6.45, 7) is 0.476. The Hall–Kier alpha value is -1.96. The van der Waals surface area contributed by atoms with E-state index < -0.39 is 5.91 Å². The Morgan fingerprint density at radius 3 is 2.73 bits per heavy atom. The molecule has 1 saturated heterocycles. The Kier molecular flexibility index (Phi) is 4.10. The average Bonchev–Trinajstić information content (AvgIpc) is 3.17. The predicted octanol–water partition coefficient (Wildman–Crippen LogP) is 0.972. The molecule has 1 saturated carbocycles. The standard InChI is InChI=1S/C14H18N4O3S/c15-12(20)10-6-16-14(22-10)17-13(21)8-5-11(19)18(7-8)9-3-1-2-4-9/h6,8-9H,1-5,7H2,(H2,15,20)(H,16,17,21). The summed E-state index contributed by atoms with van der Waals surface area (Å²) in [5.74, 6) is -1.08. The van der Waals surface area contributed by atoms with Gasteiger partial charge in [-0.25, -0.2) is 4.98 Å². The van der Waals surface area contributed by atoms with Crippen LogP contribution in [0.15, 0.2) is 6.20 Å². The van der Waals surface area contributed by atoms with Crippen LogP contribution in [0.2, 0.25) is 0 Å². The summed E-state index contributed by atoms with van der Waals surface area (Å²) in [4.78, 5) is 41.5. The van der Waals surface area contributed by atoms with E-state index in [2.05, 4.69) is 10.3 Å². The first-order valence-corrected chi connectivity index (χ1v) is 8.22. The lowest BCUT2D eigenvalue weighted by Crippen LogP contribution is -2.35. The van der Waals surface area contributed by atoms with E-state index in [1.165, 1.54) is 6.20 Å². The lowest BCUT2D eigenvalue weighted by atomic mass is 10.1. The summed E-state index contributed by atoms with van der Waals surface area (Å²) < 4.78 is 0. The molecule has 1 atom stereocenters. The van der Waals surface area contributed by atoms with Crippen molar-refractivity contribution in [2.75, 3.05) is 11.9 Å². The van der Waals surface area contributed by atoms with Crippen molar-refractivity contribution in [3.8, 4) is 0 Å². The van der Waals surface area contributed by atoms with Gasteiger partial charge in [0.1, 0.15) is 4.88 Å². The number of anilines is 1. The number of nitrogens with zero attached hydrogens (tertiary/aromatic N) is 2. The molecular formula is C14H18N4O3S. The first kappa shape index (κ1) is 15.0. The van der Waals surface area contributed by atoms with Gasteiger partial charge in [-0.05, 0) is 12.8 Å². The molecule has 0 bridgehead atoms. The molecular weight excluding hydrogens is 304 g/mol. The third kappa shape index (κ3) is 2.96. The molecule has 3 N–H and O–H groups in total. The smallest absolute Gasteiger partial charge is 0.260 e. The van der Waals surface area contributed by atoms with Crippen LogP contribution in [-0.2, 0) is 9.59 Å². The Labute approximate surface area is 131 Å². The van der Waals surface area contributed by atoms with Crippen molar-refractivity contribution in [3.63, 3.8) is 0 Å². The maximum absolute atomic E-state index is 12.3. The SMILES string of the molecule is NC(=O)c1cnc(NC(=O)C2CC(=O)N(C3CCCC3)C2)s1. The molecule has 0 radical (unpaired) electrons. The number of nitrogens with one attached hydrogen (secondary N) is 1. The van der Waals surface area contributed by atoms with Crippen LogP contribution in [0, 0.1) is 5.92 Å². The number of hydrogen-bond donors (Lipinski definition) is 2. The molecule has 22 heavy (non-hydrogen) atoms. The third-order valence-electron chi connectivity index (χ3n) is 4.27. The lowest BCUT2D eigenvalue weighted by Gasteiger charge is -2.23. The Morgan fingerprint density at radius 2 is 2.09 bits per heavy atom. The van der Waals surface area contributed by atoms with E-state index in [9.17, 15) is 14.4 Å². The van der Waals surface area contributed by atoms with Crippen molar-refractivity contribution in [1.82, 2.24) is 9.88 Å². The highest BCUT2D eigenvalue weighted by Crippen LogP contribution is 2.30. The first-order chi connectivity index (χ1) is 10.5. The van der Waals surface area contributed by atoms with Gasteiger partial charge < -0.3 is 16.0 Å². The fourth-order valence-electron chi connectivity index (χ4n) is 3.13. The molecule has 3 amide bonds. The van der Waals surface area contributed by atoms with Crippen molar-refractivity contribution in [1.29, 1.82) is 0 Å². The molecule has 0 aromatic carbocycles. The van der Waals surface area contributed by atoms with Crippen LogP contribution in [0.4, 0.5) is 5.13 Å². The van der Waals surface area contributed by atoms with Crippen LogP contribution in [0.3, 0.4) is 0 Å². The molecule has 1 aliphatic carbocycles. The topological polar surface area (TPSA) is 105 Å². The lowest BCUT2D eigenvalue weighted by molar-refractivity contribution is -0.129. The number of carbonyl (C=O) groups is 3. The minimum Gasteiger partial charge on any atom is -0.365 e. The van der Waals surface area contributed by atoms with E-state index in [-0.39, 0.29) is 24.2 Å². The highest BCUT2D eigenvalue weighted by molar-refractivity contribution is 7.17. The maximum Gasteiger partial charge on any atom is 0.260 e. The number of likely N-dealkylation sites (tertiary alicyclic amines) is 1. The van der Waals surface area contributed by atoms with Crippen LogP contribution >= 0.6 is 11.3 Å². The molecule has 1 aromatic heterocycles. The van der Waals surface area contributed by atoms with Gasteiger partial charge in [0, 0.05) is 19.0 Å². The molecule has 2 heterocycles. The normalized spacial score (nSPS) is 22.3. The van der Waals surface area contributed by atoms with E-state index >= 15 is 0 Å². The van der Waals surface area contributed by atoms with Crippen molar-refractivity contribution >= 4 is 34.2 Å². The van der Waals surface area contributed by atoms with E-state index in [4.69, 9.17) is 5.73 Å². The van der Waals surface area contributed by atoms with Crippen molar-refractivity contribution in [2.45, 2.75) is 38.1 Å². The van der Waals surface area contributed by atoms with E-state index in [0.29, 0.717) is 22.6 Å². The highest BCUT2D eigenvalue weighted by Gasteiger charge is 2.38. The average molecular weight is 322 g/mol. The zero-order chi connectivity index (χ0) is 15.7.